The van der Waals surface area contributed by atoms with Gasteiger partial charge < -0.3 is 0 Å². The first-order chi connectivity index (χ1) is 9.40. The first-order valence-electron chi connectivity index (χ1n) is 5.88. The highest BCUT2D eigenvalue weighted by Gasteiger charge is 2.11. The number of fused-ring (bicyclic) bond motifs is 1. The number of aromatic nitrogens is 4. The molecular weight excluding hydrogens is 256 g/mol. The SMILES string of the molecule is C=CCSc1nncc2cnc(-c3ccccc3)n12. The molecule has 0 bridgehead atoms. The van der Waals surface area contributed by atoms with Crippen LogP contribution < -0.4 is 0 Å². The van der Waals surface area contributed by atoms with Crippen molar-refractivity contribution >= 4 is 17.3 Å². The maximum Gasteiger partial charge on any atom is 0.196 e. The summed E-state index contributed by atoms with van der Waals surface area (Å²) in [4.78, 5) is 4.48. The van der Waals surface area contributed by atoms with Crippen LogP contribution in [0, 0.1) is 0 Å². The van der Waals surface area contributed by atoms with E-state index in [1.165, 1.54) is 0 Å². The molecule has 0 amide bonds. The molecule has 0 aliphatic carbocycles. The van der Waals surface area contributed by atoms with Crippen molar-refractivity contribution in [3.05, 3.63) is 55.4 Å². The molecule has 19 heavy (non-hydrogen) atoms. The second-order valence-electron chi connectivity index (χ2n) is 3.93. The van der Waals surface area contributed by atoms with Gasteiger partial charge in [-0.05, 0) is 0 Å². The third-order valence-electron chi connectivity index (χ3n) is 2.68. The summed E-state index contributed by atoms with van der Waals surface area (Å²) >= 11 is 1.59. The van der Waals surface area contributed by atoms with Crippen molar-refractivity contribution in [2.45, 2.75) is 5.16 Å². The van der Waals surface area contributed by atoms with Gasteiger partial charge in [0.2, 0.25) is 0 Å². The Morgan fingerprint density at radius 1 is 1.21 bits per heavy atom. The maximum absolute atomic E-state index is 4.48. The lowest BCUT2D eigenvalue weighted by Gasteiger charge is -2.05. The second-order valence-corrected chi connectivity index (χ2v) is 4.92. The van der Waals surface area contributed by atoms with Crippen LogP contribution in [-0.2, 0) is 0 Å². The summed E-state index contributed by atoms with van der Waals surface area (Å²) in [5, 5.41) is 9.03. The quantitative estimate of drug-likeness (QED) is 0.539. The smallest absolute Gasteiger partial charge is 0.196 e. The summed E-state index contributed by atoms with van der Waals surface area (Å²) < 4.78 is 2.02. The zero-order chi connectivity index (χ0) is 13.1. The van der Waals surface area contributed by atoms with Crippen LogP contribution in [0.5, 0.6) is 0 Å². The molecule has 0 saturated heterocycles. The van der Waals surface area contributed by atoms with E-state index in [2.05, 4.69) is 21.8 Å². The number of hydrogen-bond donors (Lipinski definition) is 0. The Balaban J connectivity index is 2.18. The van der Waals surface area contributed by atoms with Crippen molar-refractivity contribution in [1.82, 2.24) is 19.6 Å². The predicted molar refractivity (Wildman–Crippen MR) is 77.1 cm³/mol. The Hall–Kier alpha value is -2.14. The minimum Gasteiger partial charge on any atom is -0.268 e. The molecule has 2 aromatic heterocycles. The maximum atomic E-state index is 4.48. The van der Waals surface area contributed by atoms with Crippen LogP contribution >= 0.6 is 11.8 Å². The van der Waals surface area contributed by atoms with Crippen LogP contribution in [-0.4, -0.2) is 25.3 Å². The molecule has 2 heterocycles. The fourth-order valence-corrected chi connectivity index (χ4v) is 2.55. The van der Waals surface area contributed by atoms with Crippen molar-refractivity contribution < 1.29 is 0 Å². The van der Waals surface area contributed by atoms with E-state index in [0.29, 0.717) is 0 Å². The Morgan fingerprint density at radius 2 is 2.05 bits per heavy atom. The highest BCUT2D eigenvalue weighted by atomic mass is 32.2. The molecule has 0 spiro atoms. The van der Waals surface area contributed by atoms with Crippen molar-refractivity contribution in [2.24, 2.45) is 0 Å². The highest BCUT2D eigenvalue weighted by molar-refractivity contribution is 7.99. The Kier molecular flexibility index (Phi) is 3.29. The van der Waals surface area contributed by atoms with Crippen molar-refractivity contribution in [1.29, 1.82) is 0 Å². The van der Waals surface area contributed by atoms with Gasteiger partial charge in [-0.3, -0.25) is 4.40 Å². The average molecular weight is 268 g/mol. The van der Waals surface area contributed by atoms with Gasteiger partial charge in [-0.25, -0.2) is 4.98 Å². The molecule has 0 fully saturated rings. The van der Waals surface area contributed by atoms with E-state index in [0.717, 1.165) is 27.8 Å². The van der Waals surface area contributed by atoms with Gasteiger partial charge >= 0.3 is 0 Å². The Morgan fingerprint density at radius 3 is 2.84 bits per heavy atom. The molecule has 94 valence electrons. The number of thioether (sulfide) groups is 1. The number of nitrogens with zero attached hydrogens (tertiary/aromatic N) is 4. The molecule has 0 atom stereocenters. The normalized spacial score (nSPS) is 10.7. The summed E-state index contributed by atoms with van der Waals surface area (Å²) in [5.74, 6) is 1.68. The summed E-state index contributed by atoms with van der Waals surface area (Å²) in [6.45, 7) is 3.73. The van der Waals surface area contributed by atoms with Crippen LogP contribution in [0.25, 0.3) is 16.9 Å². The average Bonchev–Trinajstić information content (AvgIpc) is 2.90. The molecule has 0 aliphatic rings. The fraction of sp³-hybridized carbons (Fsp3) is 0.0714. The number of benzene rings is 1. The molecular formula is C14H12N4S. The minimum atomic E-state index is 0.792. The van der Waals surface area contributed by atoms with Gasteiger partial charge in [0, 0.05) is 11.3 Å². The molecule has 4 nitrogen and oxygen atoms in total. The van der Waals surface area contributed by atoms with Crippen LogP contribution in [0.15, 0.2) is 60.5 Å². The highest BCUT2D eigenvalue weighted by Crippen LogP contribution is 2.24. The van der Waals surface area contributed by atoms with Crippen molar-refractivity contribution in [2.75, 3.05) is 5.75 Å². The zero-order valence-electron chi connectivity index (χ0n) is 10.2. The third-order valence-corrected chi connectivity index (χ3v) is 3.60. The van der Waals surface area contributed by atoms with E-state index >= 15 is 0 Å². The van der Waals surface area contributed by atoms with Crippen molar-refractivity contribution in [3.8, 4) is 11.4 Å². The summed E-state index contributed by atoms with van der Waals surface area (Å²) in [6.07, 6.45) is 5.39. The van der Waals surface area contributed by atoms with Crippen molar-refractivity contribution in [3.63, 3.8) is 0 Å². The molecule has 0 N–H and O–H groups in total. The minimum absolute atomic E-state index is 0.792. The van der Waals surface area contributed by atoms with Gasteiger partial charge in [-0.2, -0.15) is 5.10 Å². The largest absolute Gasteiger partial charge is 0.268 e. The van der Waals surface area contributed by atoms with Gasteiger partial charge in [-0.1, -0.05) is 48.2 Å². The van der Waals surface area contributed by atoms with Gasteiger partial charge in [0.15, 0.2) is 5.16 Å². The summed E-state index contributed by atoms with van der Waals surface area (Å²) in [5.41, 5.74) is 2.01. The lowest BCUT2D eigenvalue weighted by Crippen LogP contribution is -1.98. The molecule has 0 unspecified atom stereocenters. The van der Waals surface area contributed by atoms with Gasteiger partial charge in [0.1, 0.15) is 5.82 Å². The fourth-order valence-electron chi connectivity index (χ4n) is 1.86. The van der Waals surface area contributed by atoms with Gasteiger partial charge in [-0.15, -0.1) is 11.7 Å². The van der Waals surface area contributed by atoms with E-state index in [1.807, 2.05) is 47.0 Å². The molecule has 0 radical (unpaired) electrons. The van der Waals surface area contributed by atoms with Crippen LogP contribution in [0.1, 0.15) is 0 Å². The van der Waals surface area contributed by atoms with Crippen LogP contribution in [0.2, 0.25) is 0 Å². The second kappa shape index (κ2) is 5.24. The van der Waals surface area contributed by atoms with Gasteiger partial charge in [0.25, 0.3) is 0 Å². The summed E-state index contributed by atoms with van der Waals surface area (Å²) in [7, 11) is 0. The van der Waals surface area contributed by atoms with Gasteiger partial charge in [0.05, 0.1) is 17.9 Å². The topological polar surface area (TPSA) is 43.1 Å². The number of hydrogen-bond acceptors (Lipinski definition) is 4. The third kappa shape index (κ3) is 2.24. The standard InChI is InChI=1S/C14H12N4S/c1-2-8-19-14-17-16-10-12-9-15-13(18(12)14)11-6-4-3-5-7-11/h2-7,9-10H,1,8H2. The molecule has 3 aromatic rings. The molecule has 0 saturated carbocycles. The number of imidazole rings is 1. The lowest BCUT2D eigenvalue weighted by molar-refractivity contribution is 0.811. The first kappa shape index (κ1) is 11.9. The van der Waals surface area contributed by atoms with Crippen LogP contribution in [0.4, 0.5) is 0 Å². The van der Waals surface area contributed by atoms with E-state index in [1.54, 1.807) is 18.0 Å². The summed E-state index contributed by atoms with van der Waals surface area (Å²) in [6, 6.07) is 10.1. The Labute approximate surface area is 115 Å². The van der Waals surface area contributed by atoms with E-state index in [9.17, 15) is 0 Å². The van der Waals surface area contributed by atoms with E-state index in [-0.39, 0.29) is 0 Å². The molecule has 1 aromatic carbocycles. The van der Waals surface area contributed by atoms with E-state index in [4.69, 9.17) is 0 Å². The first-order valence-corrected chi connectivity index (χ1v) is 6.87. The monoisotopic (exact) mass is 268 g/mol. The number of rotatable bonds is 4. The van der Waals surface area contributed by atoms with Crippen LogP contribution in [0.3, 0.4) is 0 Å². The molecule has 0 aliphatic heterocycles. The zero-order valence-corrected chi connectivity index (χ0v) is 11.0. The lowest BCUT2D eigenvalue weighted by atomic mass is 10.2. The molecule has 3 rings (SSSR count). The molecule has 5 heteroatoms. The van der Waals surface area contributed by atoms with E-state index < -0.39 is 0 Å². The predicted octanol–water partition coefficient (Wildman–Crippen LogP) is 3.07. The Bertz CT molecular complexity index is 706.